The van der Waals surface area contributed by atoms with Crippen LogP contribution in [0.3, 0.4) is 0 Å². The molecule has 1 heterocycles. The average molecular weight is 283 g/mol. The molecule has 3 rings (SSSR count). The summed E-state index contributed by atoms with van der Waals surface area (Å²) in [5.74, 6) is -1.75. The summed E-state index contributed by atoms with van der Waals surface area (Å²) < 4.78 is 27.1. The number of hydrogen-bond acceptors (Lipinski definition) is 2. The molecule has 0 fully saturated rings. The van der Waals surface area contributed by atoms with E-state index in [0.717, 1.165) is 17.5 Å². The van der Waals surface area contributed by atoms with Crippen LogP contribution in [-0.4, -0.2) is 10.8 Å². The lowest BCUT2D eigenvalue weighted by Gasteiger charge is -2.05. The van der Waals surface area contributed by atoms with Gasteiger partial charge in [0.25, 0.3) is 0 Å². The Hall–Kier alpha value is -2.62. The van der Waals surface area contributed by atoms with Crippen molar-refractivity contribution in [2.24, 2.45) is 0 Å². The monoisotopic (exact) mass is 283 g/mol. The topological polar surface area (TPSA) is 30.0 Å². The minimum atomic E-state index is -0.706. The van der Waals surface area contributed by atoms with Gasteiger partial charge in [-0.3, -0.25) is 9.78 Å². The van der Waals surface area contributed by atoms with E-state index >= 15 is 0 Å². The van der Waals surface area contributed by atoms with E-state index in [9.17, 15) is 13.6 Å². The van der Waals surface area contributed by atoms with Crippen LogP contribution in [0.4, 0.5) is 8.78 Å². The van der Waals surface area contributed by atoms with Gasteiger partial charge < -0.3 is 0 Å². The zero-order valence-electron chi connectivity index (χ0n) is 11.0. The Bertz CT molecular complexity index is 810. The van der Waals surface area contributed by atoms with Crippen molar-refractivity contribution in [1.29, 1.82) is 0 Å². The van der Waals surface area contributed by atoms with E-state index in [-0.39, 0.29) is 17.8 Å². The van der Waals surface area contributed by atoms with Gasteiger partial charge in [-0.15, -0.1) is 0 Å². The molecule has 0 saturated heterocycles. The second-order valence-corrected chi connectivity index (χ2v) is 4.71. The summed E-state index contributed by atoms with van der Waals surface area (Å²) in [5.41, 5.74) is 0.866. The normalized spacial score (nSPS) is 10.8. The number of Topliss-reactive ketones (excluding diaryl/α,β-unsaturated/α-hetero) is 1. The number of carbonyl (C=O) groups excluding carboxylic acids is 1. The predicted molar refractivity (Wildman–Crippen MR) is 76.1 cm³/mol. The van der Waals surface area contributed by atoms with Gasteiger partial charge in [-0.1, -0.05) is 24.3 Å². The molecule has 0 saturated carbocycles. The fraction of sp³-hybridized carbons (Fsp3) is 0.0588. The van der Waals surface area contributed by atoms with Gasteiger partial charge in [0, 0.05) is 29.1 Å². The highest BCUT2D eigenvalue weighted by Gasteiger charge is 2.14. The van der Waals surface area contributed by atoms with Crippen LogP contribution in [0, 0.1) is 11.6 Å². The molecule has 0 radical (unpaired) electrons. The number of halogens is 2. The summed E-state index contributed by atoms with van der Waals surface area (Å²) in [4.78, 5) is 16.4. The Kier molecular flexibility index (Phi) is 3.44. The molecule has 0 aliphatic heterocycles. The fourth-order valence-corrected chi connectivity index (χ4v) is 2.20. The van der Waals surface area contributed by atoms with Crippen LogP contribution in [0.1, 0.15) is 15.9 Å². The van der Waals surface area contributed by atoms with Crippen molar-refractivity contribution in [3.05, 3.63) is 77.5 Å². The third-order valence-electron chi connectivity index (χ3n) is 3.33. The van der Waals surface area contributed by atoms with Crippen LogP contribution < -0.4 is 0 Å². The largest absolute Gasteiger partial charge is 0.294 e. The summed E-state index contributed by atoms with van der Waals surface area (Å²) in [6.45, 7) is 0. The van der Waals surface area contributed by atoms with Crippen molar-refractivity contribution < 1.29 is 13.6 Å². The van der Waals surface area contributed by atoms with E-state index in [1.54, 1.807) is 30.5 Å². The predicted octanol–water partition coefficient (Wildman–Crippen LogP) is 3.94. The van der Waals surface area contributed by atoms with Crippen molar-refractivity contribution in [3.8, 4) is 0 Å². The van der Waals surface area contributed by atoms with Crippen LogP contribution in [0.25, 0.3) is 10.9 Å². The third-order valence-corrected chi connectivity index (χ3v) is 3.33. The maximum absolute atomic E-state index is 13.6. The van der Waals surface area contributed by atoms with Gasteiger partial charge in [-0.05, 0) is 24.3 Å². The van der Waals surface area contributed by atoms with E-state index in [1.165, 1.54) is 6.07 Å². The molecule has 1 aromatic heterocycles. The van der Waals surface area contributed by atoms with E-state index in [2.05, 4.69) is 4.98 Å². The maximum Gasteiger partial charge on any atom is 0.167 e. The lowest BCUT2D eigenvalue weighted by Crippen LogP contribution is -2.07. The number of aromatic nitrogens is 1. The van der Waals surface area contributed by atoms with E-state index in [0.29, 0.717) is 11.1 Å². The first-order valence-electron chi connectivity index (χ1n) is 6.46. The molecule has 0 atom stereocenters. The smallest absolute Gasteiger partial charge is 0.167 e. The van der Waals surface area contributed by atoms with Crippen LogP contribution in [0.5, 0.6) is 0 Å². The SMILES string of the molecule is O=C(Cc1c(F)cccc1F)c1ccc2cccnc2c1. The number of ketones is 1. The maximum atomic E-state index is 13.6. The Labute approximate surface area is 120 Å². The number of carbonyl (C=O) groups is 1. The van der Waals surface area contributed by atoms with Crippen LogP contribution >= 0.6 is 0 Å². The lowest BCUT2D eigenvalue weighted by molar-refractivity contribution is 0.0990. The molecular weight excluding hydrogens is 272 g/mol. The van der Waals surface area contributed by atoms with Gasteiger partial charge in [0.05, 0.1) is 5.52 Å². The second-order valence-electron chi connectivity index (χ2n) is 4.71. The third kappa shape index (κ3) is 2.65. The first-order chi connectivity index (χ1) is 10.1. The molecule has 2 nitrogen and oxygen atoms in total. The van der Waals surface area contributed by atoms with E-state index in [1.807, 2.05) is 6.07 Å². The lowest BCUT2D eigenvalue weighted by atomic mass is 10.0. The average Bonchev–Trinajstić information content (AvgIpc) is 2.50. The number of benzene rings is 2. The number of nitrogens with zero attached hydrogens (tertiary/aromatic N) is 1. The van der Waals surface area contributed by atoms with Crippen molar-refractivity contribution in [2.45, 2.75) is 6.42 Å². The molecule has 21 heavy (non-hydrogen) atoms. The summed E-state index contributed by atoms with van der Waals surface area (Å²) in [6.07, 6.45) is 1.32. The Morgan fingerprint density at radius 3 is 2.52 bits per heavy atom. The van der Waals surface area contributed by atoms with Crippen LogP contribution in [0.15, 0.2) is 54.7 Å². The van der Waals surface area contributed by atoms with E-state index in [4.69, 9.17) is 0 Å². The van der Waals surface area contributed by atoms with Crippen molar-refractivity contribution in [3.63, 3.8) is 0 Å². The highest BCUT2D eigenvalue weighted by molar-refractivity contribution is 6.00. The molecule has 0 aliphatic carbocycles. The minimum absolute atomic E-state index is 0.205. The Morgan fingerprint density at radius 1 is 1.00 bits per heavy atom. The van der Waals surface area contributed by atoms with Crippen LogP contribution in [-0.2, 0) is 6.42 Å². The second kappa shape index (κ2) is 5.40. The fourth-order valence-electron chi connectivity index (χ4n) is 2.20. The highest BCUT2D eigenvalue weighted by atomic mass is 19.1. The zero-order chi connectivity index (χ0) is 14.8. The molecule has 0 unspecified atom stereocenters. The number of rotatable bonds is 3. The molecule has 0 aliphatic rings. The highest BCUT2D eigenvalue weighted by Crippen LogP contribution is 2.18. The van der Waals surface area contributed by atoms with Gasteiger partial charge in [0.2, 0.25) is 0 Å². The molecule has 0 amide bonds. The van der Waals surface area contributed by atoms with Gasteiger partial charge in [0.15, 0.2) is 5.78 Å². The molecule has 4 heteroatoms. The van der Waals surface area contributed by atoms with Crippen molar-refractivity contribution in [2.75, 3.05) is 0 Å². The molecule has 0 N–H and O–H groups in total. The van der Waals surface area contributed by atoms with Crippen molar-refractivity contribution in [1.82, 2.24) is 4.98 Å². The van der Waals surface area contributed by atoms with Gasteiger partial charge >= 0.3 is 0 Å². The molecule has 0 bridgehead atoms. The standard InChI is InChI=1S/C17H11F2NO/c18-14-4-1-5-15(19)13(14)10-17(21)12-7-6-11-3-2-8-20-16(11)9-12/h1-9H,10H2. The first-order valence-corrected chi connectivity index (χ1v) is 6.46. The molecule has 3 aromatic rings. The van der Waals surface area contributed by atoms with Gasteiger partial charge in [-0.25, -0.2) is 8.78 Å². The number of hydrogen-bond donors (Lipinski definition) is 0. The Morgan fingerprint density at radius 2 is 1.76 bits per heavy atom. The number of pyridine rings is 1. The molecule has 2 aromatic carbocycles. The quantitative estimate of drug-likeness (QED) is 0.681. The minimum Gasteiger partial charge on any atom is -0.294 e. The summed E-state index contributed by atoms with van der Waals surface area (Å²) in [5, 5.41) is 0.908. The van der Waals surface area contributed by atoms with Gasteiger partial charge in [-0.2, -0.15) is 0 Å². The number of fused-ring (bicyclic) bond motifs is 1. The van der Waals surface area contributed by atoms with E-state index < -0.39 is 11.6 Å². The van der Waals surface area contributed by atoms with Crippen molar-refractivity contribution >= 4 is 16.7 Å². The summed E-state index contributed by atoms with van der Waals surface area (Å²) >= 11 is 0. The summed E-state index contributed by atoms with van der Waals surface area (Å²) in [7, 11) is 0. The first kappa shape index (κ1) is 13.4. The van der Waals surface area contributed by atoms with Crippen LogP contribution in [0.2, 0.25) is 0 Å². The summed E-state index contributed by atoms with van der Waals surface area (Å²) in [6, 6.07) is 12.3. The molecular formula is C17H11F2NO. The Balaban J connectivity index is 1.94. The molecule has 104 valence electrons. The zero-order valence-corrected chi connectivity index (χ0v) is 11.0. The van der Waals surface area contributed by atoms with Gasteiger partial charge in [0.1, 0.15) is 11.6 Å². The molecule has 0 spiro atoms.